The summed E-state index contributed by atoms with van der Waals surface area (Å²) < 4.78 is 0. The number of nitrogens with one attached hydrogen (secondary N) is 1. The van der Waals surface area contributed by atoms with E-state index in [0.717, 1.165) is 32.5 Å². The first-order valence-electron chi connectivity index (χ1n) is 13.7. The van der Waals surface area contributed by atoms with Gasteiger partial charge in [-0.1, -0.05) is 36.4 Å². The highest BCUT2D eigenvalue weighted by atomic mass is 16.2. The zero-order valence-electron chi connectivity index (χ0n) is 23.7. The van der Waals surface area contributed by atoms with E-state index in [4.69, 9.17) is 0 Å². The fourth-order valence-electron chi connectivity index (χ4n) is 4.86. The molecule has 7 nitrogen and oxygen atoms in total. The average molecular weight is 528 g/mol. The number of piperazine rings is 1. The van der Waals surface area contributed by atoms with Gasteiger partial charge in [-0.3, -0.25) is 14.5 Å². The molecule has 4 rings (SSSR count). The lowest BCUT2D eigenvalue weighted by Gasteiger charge is -2.35. The van der Waals surface area contributed by atoms with E-state index < -0.39 is 0 Å². The van der Waals surface area contributed by atoms with Crippen molar-refractivity contribution in [3.8, 4) is 0 Å². The Morgan fingerprint density at radius 3 is 1.82 bits per heavy atom. The minimum absolute atomic E-state index is 0.0725. The second kappa shape index (κ2) is 13.3. The lowest BCUT2D eigenvalue weighted by Crippen LogP contribution is -2.48. The molecule has 0 atom stereocenters. The van der Waals surface area contributed by atoms with Gasteiger partial charge in [0.05, 0.1) is 11.1 Å². The van der Waals surface area contributed by atoms with Crippen molar-refractivity contribution in [2.24, 2.45) is 0 Å². The number of anilines is 2. The van der Waals surface area contributed by atoms with Crippen molar-refractivity contribution in [1.29, 1.82) is 0 Å². The zero-order valence-corrected chi connectivity index (χ0v) is 23.7. The van der Waals surface area contributed by atoms with Crippen molar-refractivity contribution >= 4 is 23.2 Å². The number of hydrogen-bond acceptors (Lipinski definition) is 5. The molecule has 1 heterocycles. The van der Waals surface area contributed by atoms with Crippen LogP contribution in [0.1, 0.15) is 38.3 Å². The molecule has 1 aliphatic heterocycles. The molecule has 7 heteroatoms. The van der Waals surface area contributed by atoms with Crippen molar-refractivity contribution in [1.82, 2.24) is 15.1 Å². The SMILES string of the molecule is CN(C)c1ccc(CCCNC(=O)c2ccccc2C(=O)N2CCN(Cc3ccc(N(C)C)cc3)CC2)cc1. The normalized spacial score (nSPS) is 13.7. The maximum Gasteiger partial charge on any atom is 0.254 e. The van der Waals surface area contributed by atoms with Gasteiger partial charge in [0.1, 0.15) is 0 Å². The summed E-state index contributed by atoms with van der Waals surface area (Å²) >= 11 is 0. The molecule has 0 saturated carbocycles. The molecule has 3 aromatic carbocycles. The summed E-state index contributed by atoms with van der Waals surface area (Å²) in [4.78, 5) is 34.8. The summed E-state index contributed by atoms with van der Waals surface area (Å²) in [5, 5.41) is 3.01. The predicted octanol–water partition coefficient (Wildman–Crippen LogP) is 4.14. The number of carbonyl (C=O) groups is 2. The quantitative estimate of drug-likeness (QED) is 0.402. The van der Waals surface area contributed by atoms with E-state index in [9.17, 15) is 9.59 Å². The van der Waals surface area contributed by atoms with Crippen LogP contribution < -0.4 is 15.1 Å². The Morgan fingerprint density at radius 2 is 1.26 bits per heavy atom. The molecule has 1 saturated heterocycles. The first kappa shape index (κ1) is 28.2. The summed E-state index contributed by atoms with van der Waals surface area (Å²) in [5.74, 6) is -0.265. The summed E-state index contributed by atoms with van der Waals surface area (Å²) in [7, 11) is 8.14. The van der Waals surface area contributed by atoms with Crippen molar-refractivity contribution in [3.63, 3.8) is 0 Å². The first-order valence-corrected chi connectivity index (χ1v) is 13.7. The largest absolute Gasteiger partial charge is 0.378 e. The summed E-state index contributed by atoms with van der Waals surface area (Å²) in [6, 6.07) is 24.3. The van der Waals surface area contributed by atoms with Gasteiger partial charge in [0, 0.05) is 78.8 Å². The molecule has 0 aliphatic carbocycles. The number of aryl methyl sites for hydroxylation is 1. The van der Waals surface area contributed by atoms with Crippen LogP contribution >= 0.6 is 0 Å². The van der Waals surface area contributed by atoms with Crippen LogP contribution in [0, 0.1) is 0 Å². The van der Waals surface area contributed by atoms with Gasteiger partial charge in [0.2, 0.25) is 0 Å². The number of carbonyl (C=O) groups excluding carboxylic acids is 2. The first-order chi connectivity index (χ1) is 18.8. The second-order valence-electron chi connectivity index (χ2n) is 10.6. The number of amides is 2. The molecule has 0 bridgehead atoms. The minimum atomic E-state index is -0.193. The predicted molar refractivity (Wildman–Crippen MR) is 160 cm³/mol. The van der Waals surface area contributed by atoms with Crippen LogP contribution in [-0.2, 0) is 13.0 Å². The maximum atomic E-state index is 13.4. The van der Waals surface area contributed by atoms with Gasteiger partial charge in [-0.2, -0.15) is 0 Å². The molecular weight excluding hydrogens is 486 g/mol. The smallest absolute Gasteiger partial charge is 0.254 e. The summed E-state index contributed by atoms with van der Waals surface area (Å²) in [6.07, 6.45) is 1.72. The average Bonchev–Trinajstić information content (AvgIpc) is 2.96. The second-order valence-corrected chi connectivity index (χ2v) is 10.6. The van der Waals surface area contributed by atoms with Crippen LogP contribution in [-0.4, -0.2) is 82.5 Å². The molecule has 3 aromatic rings. The topological polar surface area (TPSA) is 59.1 Å². The van der Waals surface area contributed by atoms with Crippen LogP contribution in [0.5, 0.6) is 0 Å². The molecule has 1 N–H and O–H groups in total. The Kier molecular flexibility index (Phi) is 9.60. The van der Waals surface area contributed by atoms with Gasteiger partial charge in [0.15, 0.2) is 0 Å². The monoisotopic (exact) mass is 527 g/mol. The number of rotatable bonds is 10. The van der Waals surface area contributed by atoms with Crippen LogP contribution in [0.2, 0.25) is 0 Å². The Labute approximate surface area is 233 Å². The lowest BCUT2D eigenvalue weighted by molar-refractivity contribution is 0.0624. The van der Waals surface area contributed by atoms with Crippen molar-refractivity contribution in [2.45, 2.75) is 19.4 Å². The lowest BCUT2D eigenvalue weighted by atomic mass is 10.0. The molecule has 0 radical (unpaired) electrons. The van der Waals surface area contributed by atoms with Crippen molar-refractivity contribution in [3.05, 3.63) is 95.1 Å². The highest BCUT2D eigenvalue weighted by Crippen LogP contribution is 2.18. The Bertz CT molecular complexity index is 1230. The third kappa shape index (κ3) is 7.60. The summed E-state index contributed by atoms with van der Waals surface area (Å²) in [6.45, 7) is 4.35. The van der Waals surface area contributed by atoms with E-state index >= 15 is 0 Å². The van der Waals surface area contributed by atoms with Crippen LogP contribution in [0.15, 0.2) is 72.8 Å². The van der Waals surface area contributed by atoms with Gasteiger partial charge in [0.25, 0.3) is 11.8 Å². The molecule has 0 spiro atoms. The van der Waals surface area contributed by atoms with Crippen molar-refractivity contribution in [2.75, 3.05) is 70.7 Å². The molecule has 39 heavy (non-hydrogen) atoms. The van der Waals surface area contributed by atoms with Gasteiger partial charge < -0.3 is 20.0 Å². The minimum Gasteiger partial charge on any atom is -0.378 e. The van der Waals surface area contributed by atoms with Crippen LogP contribution in [0.4, 0.5) is 11.4 Å². The molecule has 206 valence electrons. The highest BCUT2D eigenvalue weighted by molar-refractivity contribution is 6.07. The maximum absolute atomic E-state index is 13.4. The molecular formula is C32H41N5O2. The zero-order chi connectivity index (χ0) is 27.8. The van der Waals surface area contributed by atoms with Crippen LogP contribution in [0.25, 0.3) is 0 Å². The standard InChI is InChI=1S/C32H41N5O2/c1-34(2)27-15-11-25(12-16-27)8-7-19-33-31(38)29-9-5-6-10-30(29)32(39)37-22-20-36(21-23-37)24-26-13-17-28(18-14-26)35(3)4/h5-6,9-18H,7-8,19-24H2,1-4H3,(H,33,38). The van der Waals surface area contributed by atoms with Gasteiger partial charge in [-0.25, -0.2) is 0 Å². The van der Waals surface area contributed by atoms with Gasteiger partial charge >= 0.3 is 0 Å². The number of nitrogens with zero attached hydrogens (tertiary/aromatic N) is 4. The van der Waals surface area contributed by atoms with Gasteiger partial charge in [-0.05, 0) is 60.4 Å². The van der Waals surface area contributed by atoms with E-state index in [2.05, 4.69) is 68.5 Å². The molecule has 2 amide bonds. The number of hydrogen-bond donors (Lipinski definition) is 1. The molecule has 0 unspecified atom stereocenters. The Balaban J connectivity index is 1.26. The van der Waals surface area contributed by atoms with E-state index in [1.165, 1.54) is 22.5 Å². The van der Waals surface area contributed by atoms with E-state index in [1.807, 2.05) is 45.2 Å². The van der Waals surface area contributed by atoms with E-state index in [0.29, 0.717) is 30.8 Å². The molecule has 1 aliphatic rings. The Morgan fingerprint density at radius 1 is 0.718 bits per heavy atom. The fourth-order valence-corrected chi connectivity index (χ4v) is 4.86. The molecule has 1 fully saturated rings. The Hall–Kier alpha value is -3.84. The third-order valence-corrected chi connectivity index (χ3v) is 7.30. The molecule has 0 aromatic heterocycles. The van der Waals surface area contributed by atoms with Gasteiger partial charge in [-0.15, -0.1) is 0 Å². The number of benzene rings is 3. The van der Waals surface area contributed by atoms with Crippen LogP contribution in [0.3, 0.4) is 0 Å². The summed E-state index contributed by atoms with van der Waals surface area (Å²) in [5.41, 5.74) is 5.79. The third-order valence-electron chi connectivity index (χ3n) is 7.30. The van der Waals surface area contributed by atoms with Crippen molar-refractivity contribution < 1.29 is 9.59 Å². The highest BCUT2D eigenvalue weighted by Gasteiger charge is 2.25. The van der Waals surface area contributed by atoms with E-state index in [1.54, 1.807) is 12.1 Å². The van der Waals surface area contributed by atoms with E-state index in [-0.39, 0.29) is 11.8 Å². The fraction of sp³-hybridized carbons (Fsp3) is 0.375.